The first-order valence-corrected chi connectivity index (χ1v) is 7.98. The average molecular weight is 335 g/mol. The number of benzene rings is 1. The molecule has 0 radical (unpaired) electrons. The minimum atomic E-state index is -0.780. The van der Waals surface area contributed by atoms with E-state index in [0.717, 1.165) is 12.8 Å². The number of carbonyl (C=O) groups excluding carboxylic acids is 1. The summed E-state index contributed by atoms with van der Waals surface area (Å²) >= 11 is 0. The monoisotopic (exact) mass is 335 g/mol. The summed E-state index contributed by atoms with van der Waals surface area (Å²) in [6, 6.07) is 5.31. The molecule has 2 aliphatic heterocycles. The van der Waals surface area contributed by atoms with E-state index in [2.05, 4.69) is 0 Å². The molecule has 4 rings (SSSR count). The maximum absolute atomic E-state index is 12.0. The SMILES string of the molecule is O=C(Oc1ccc([N+](=O)[O-])cc1)O[C@@H]1C[C@@H]2CO[C@@H]3OCCC1C23. The molecule has 8 nitrogen and oxygen atoms in total. The Morgan fingerprint density at radius 3 is 2.79 bits per heavy atom. The summed E-state index contributed by atoms with van der Waals surface area (Å²) in [4.78, 5) is 22.1. The Balaban J connectivity index is 1.37. The Hall–Kier alpha value is -2.19. The summed E-state index contributed by atoms with van der Waals surface area (Å²) in [6.45, 7) is 1.25. The van der Waals surface area contributed by atoms with Crippen LogP contribution in [-0.4, -0.2) is 36.7 Å². The lowest BCUT2D eigenvalue weighted by molar-refractivity contribution is -0.384. The van der Waals surface area contributed by atoms with Gasteiger partial charge in [0.15, 0.2) is 6.29 Å². The molecule has 0 bridgehead atoms. The zero-order valence-electron chi connectivity index (χ0n) is 12.8. The summed E-state index contributed by atoms with van der Waals surface area (Å²) in [5, 5.41) is 10.6. The molecule has 1 aliphatic carbocycles. The highest BCUT2D eigenvalue weighted by atomic mass is 16.7. The Morgan fingerprint density at radius 2 is 2.04 bits per heavy atom. The summed E-state index contributed by atoms with van der Waals surface area (Å²) in [7, 11) is 0. The number of rotatable bonds is 3. The number of ether oxygens (including phenoxy) is 4. The molecule has 1 aromatic rings. The van der Waals surface area contributed by atoms with Crippen LogP contribution in [0.15, 0.2) is 24.3 Å². The average Bonchev–Trinajstić information content (AvgIpc) is 3.13. The van der Waals surface area contributed by atoms with Crippen molar-refractivity contribution in [3.63, 3.8) is 0 Å². The fraction of sp³-hybridized carbons (Fsp3) is 0.562. The summed E-state index contributed by atoms with van der Waals surface area (Å²) in [5.41, 5.74) is -0.0624. The normalized spacial score (nSPS) is 33.8. The van der Waals surface area contributed by atoms with Gasteiger partial charge in [-0.3, -0.25) is 10.1 Å². The van der Waals surface area contributed by atoms with E-state index in [9.17, 15) is 14.9 Å². The number of hydrogen-bond donors (Lipinski definition) is 0. The molecule has 8 heteroatoms. The first-order valence-electron chi connectivity index (χ1n) is 7.98. The summed E-state index contributed by atoms with van der Waals surface area (Å²) in [5.74, 6) is 1.10. The van der Waals surface area contributed by atoms with Crippen molar-refractivity contribution in [1.29, 1.82) is 0 Å². The van der Waals surface area contributed by atoms with Crippen LogP contribution in [0, 0.1) is 27.9 Å². The van der Waals surface area contributed by atoms with E-state index in [-0.39, 0.29) is 35.7 Å². The van der Waals surface area contributed by atoms with Gasteiger partial charge in [0.1, 0.15) is 11.9 Å². The lowest BCUT2D eigenvalue weighted by Gasteiger charge is -2.32. The van der Waals surface area contributed by atoms with Crippen LogP contribution in [0.2, 0.25) is 0 Å². The number of nitro benzene ring substituents is 1. The second-order valence-electron chi connectivity index (χ2n) is 6.36. The van der Waals surface area contributed by atoms with E-state index in [0.29, 0.717) is 19.1 Å². The zero-order chi connectivity index (χ0) is 16.7. The second kappa shape index (κ2) is 6.03. The number of non-ortho nitro benzene ring substituents is 1. The van der Waals surface area contributed by atoms with Gasteiger partial charge in [0.25, 0.3) is 5.69 Å². The van der Waals surface area contributed by atoms with Crippen LogP contribution in [0.1, 0.15) is 12.8 Å². The van der Waals surface area contributed by atoms with Gasteiger partial charge in [-0.1, -0.05) is 0 Å². The Kier molecular flexibility index (Phi) is 3.85. The highest BCUT2D eigenvalue weighted by molar-refractivity contribution is 5.64. The highest BCUT2D eigenvalue weighted by Gasteiger charge is 2.55. The van der Waals surface area contributed by atoms with E-state index in [1.54, 1.807) is 0 Å². The number of hydrogen-bond acceptors (Lipinski definition) is 7. The van der Waals surface area contributed by atoms with Crippen LogP contribution in [-0.2, 0) is 14.2 Å². The molecule has 24 heavy (non-hydrogen) atoms. The van der Waals surface area contributed by atoms with E-state index in [1.807, 2.05) is 0 Å². The van der Waals surface area contributed by atoms with Crippen LogP contribution in [0.5, 0.6) is 5.75 Å². The third-order valence-corrected chi connectivity index (χ3v) is 5.07. The zero-order valence-corrected chi connectivity index (χ0v) is 12.8. The second-order valence-corrected chi connectivity index (χ2v) is 6.36. The minimum absolute atomic E-state index is 0.0624. The van der Waals surface area contributed by atoms with Gasteiger partial charge in [-0.15, -0.1) is 0 Å². The smallest absolute Gasteiger partial charge is 0.430 e. The fourth-order valence-corrected chi connectivity index (χ4v) is 4.03. The van der Waals surface area contributed by atoms with Gasteiger partial charge in [-0.05, 0) is 30.9 Å². The van der Waals surface area contributed by atoms with Crippen molar-refractivity contribution in [2.75, 3.05) is 13.2 Å². The van der Waals surface area contributed by atoms with E-state index < -0.39 is 11.1 Å². The summed E-state index contributed by atoms with van der Waals surface area (Å²) in [6.07, 6.45) is 0.452. The molecule has 128 valence electrons. The molecule has 1 aromatic carbocycles. The van der Waals surface area contributed by atoms with Gasteiger partial charge < -0.3 is 18.9 Å². The standard InChI is InChI=1S/C16H17NO7/c18-16(23-11-3-1-10(2-4-11)17(19)20)24-13-7-9-8-22-15-14(9)12(13)5-6-21-15/h1-4,9,12-15H,5-8H2/t9-,12?,13-,14?,15+/m1/s1. The molecule has 0 amide bonds. The predicted molar refractivity (Wildman–Crippen MR) is 79.4 cm³/mol. The Morgan fingerprint density at radius 1 is 1.25 bits per heavy atom. The fourth-order valence-electron chi connectivity index (χ4n) is 4.03. The molecule has 0 N–H and O–H groups in total. The molecule has 3 aliphatic rings. The maximum Gasteiger partial charge on any atom is 0.514 e. The summed E-state index contributed by atoms with van der Waals surface area (Å²) < 4.78 is 21.9. The first kappa shape index (κ1) is 15.3. The van der Waals surface area contributed by atoms with Crippen molar-refractivity contribution in [2.45, 2.75) is 25.2 Å². The quantitative estimate of drug-likeness (QED) is 0.362. The van der Waals surface area contributed by atoms with Crippen LogP contribution in [0.25, 0.3) is 0 Å². The lowest BCUT2D eigenvalue weighted by atomic mass is 9.87. The molecule has 2 saturated heterocycles. The highest BCUT2D eigenvalue weighted by Crippen LogP contribution is 2.50. The van der Waals surface area contributed by atoms with Gasteiger partial charge in [-0.25, -0.2) is 4.79 Å². The molecule has 2 unspecified atom stereocenters. The number of carbonyl (C=O) groups is 1. The molecule has 3 fully saturated rings. The largest absolute Gasteiger partial charge is 0.514 e. The van der Waals surface area contributed by atoms with Gasteiger partial charge in [-0.2, -0.15) is 0 Å². The van der Waals surface area contributed by atoms with Crippen molar-refractivity contribution in [1.82, 2.24) is 0 Å². The van der Waals surface area contributed by atoms with Crippen LogP contribution in [0.4, 0.5) is 10.5 Å². The predicted octanol–water partition coefficient (Wildman–Crippen LogP) is 2.51. The van der Waals surface area contributed by atoms with E-state index >= 15 is 0 Å². The topological polar surface area (TPSA) is 97.1 Å². The van der Waals surface area contributed by atoms with Crippen LogP contribution >= 0.6 is 0 Å². The van der Waals surface area contributed by atoms with Crippen molar-refractivity contribution in [2.24, 2.45) is 17.8 Å². The molecular weight excluding hydrogens is 318 g/mol. The Bertz CT molecular complexity index is 644. The Labute approximate surface area is 137 Å². The van der Waals surface area contributed by atoms with E-state index in [1.165, 1.54) is 24.3 Å². The van der Waals surface area contributed by atoms with Crippen molar-refractivity contribution >= 4 is 11.8 Å². The van der Waals surface area contributed by atoms with Crippen LogP contribution in [0.3, 0.4) is 0 Å². The third kappa shape index (κ3) is 2.71. The molecule has 5 atom stereocenters. The molecule has 1 saturated carbocycles. The van der Waals surface area contributed by atoms with E-state index in [4.69, 9.17) is 18.9 Å². The van der Waals surface area contributed by atoms with Crippen molar-refractivity contribution in [3.8, 4) is 5.75 Å². The first-order chi connectivity index (χ1) is 11.6. The van der Waals surface area contributed by atoms with Gasteiger partial charge in [0, 0.05) is 24.0 Å². The third-order valence-electron chi connectivity index (χ3n) is 5.07. The van der Waals surface area contributed by atoms with Crippen molar-refractivity contribution in [3.05, 3.63) is 34.4 Å². The van der Waals surface area contributed by atoms with Gasteiger partial charge in [0.05, 0.1) is 18.1 Å². The molecule has 2 heterocycles. The minimum Gasteiger partial charge on any atom is -0.430 e. The number of nitro groups is 1. The lowest BCUT2D eigenvalue weighted by Crippen LogP contribution is -2.37. The molecule has 0 aromatic heterocycles. The maximum atomic E-state index is 12.0. The van der Waals surface area contributed by atoms with Crippen LogP contribution < -0.4 is 4.74 Å². The molecular formula is C16H17NO7. The van der Waals surface area contributed by atoms with Gasteiger partial charge in [0.2, 0.25) is 0 Å². The van der Waals surface area contributed by atoms with Crippen molar-refractivity contribution < 1.29 is 28.7 Å². The van der Waals surface area contributed by atoms with Gasteiger partial charge >= 0.3 is 6.16 Å². The molecule has 0 spiro atoms. The number of nitrogens with zero attached hydrogens (tertiary/aromatic N) is 1.